The van der Waals surface area contributed by atoms with Crippen LogP contribution in [0.5, 0.6) is 0 Å². The van der Waals surface area contributed by atoms with E-state index in [9.17, 15) is 13.5 Å². The second-order valence-corrected chi connectivity index (χ2v) is 6.19. The Hall–Kier alpha value is -1.18. The summed E-state index contributed by atoms with van der Waals surface area (Å²) in [5.74, 6) is 0.391. The van der Waals surface area contributed by atoms with E-state index in [1.54, 1.807) is 17.2 Å². The maximum absolute atomic E-state index is 11.7. The lowest BCUT2D eigenvalue weighted by Gasteiger charge is -2.36. The van der Waals surface area contributed by atoms with Gasteiger partial charge in [-0.25, -0.2) is 13.4 Å². The molecule has 0 bridgehead atoms. The van der Waals surface area contributed by atoms with Crippen molar-refractivity contribution in [2.75, 3.05) is 37.5 Å². The first-order chi connectivity index (χ1) is 8.54. The van der Waals surface area contributed by atoms with Crippen molar-refractivity contribution in [2.24, 2.45) is 0 Å². The quantitative estimate of drug-likeness (QED) is 0.812. The number of hydrogen-bond donors (Lipinski definition) is 1. The summed E-state index contributed by atoms with van der Waals surface area (Å²) in [6, 6.07) is 2.87. The summed E-state index contributed by atoms with van der Waals surface area (Å²) in [4.78, 5) is 6.12. The molecular weight excluding hydrogens is 256 g/mol. The molecule has 2 rings (SSSR count). The fourth-order valence-corrected chi connectivity index (χ4v) is 2.80. The number of aliphatic hydroxyl groups excluding tert-OH is 1. The topological polar surface area (TPSA) is 79.7 Å². The second-order valence-electron chi connectivity index (χ2n) is 4.20. The Labute approximate surface area is 106 Å². The van der Waals surface area contributed by atoms with E-state index in [1.165, 1.54) is 6.07 Å². The molecule has 6 nitrogen and oxygen atoms in total. The van der Waals surface area contributed by atoms with Crippen molar-refractivity contribution in [3.63, 3.8) is 0 Å². The molecule has 0 aliphatic carbocycles. The van der Waals surface area contributed by atoms with Gasteiger partial charge in [0.1, 0.15) is 10.7 Å². The highest BCUT2D eigenvalue weighted by molar-refractivity contribution is 7.90. The Morgan fingerprint density at radius 1 is 1.61 bits per heavy atom. The van der Waals surface area contributed by atoms with E-state index in [0.717, 1.165) is 6.26 Å². The van der Waals surface area contributed by atoms with Gasteiger partial charge >= 0.3 is 0 Å². The van der Waals surface area contributed by atoms with Crippen molar-refractivity contribution >= 4 is 15.7 Å². The predicted molar refractivity (Wildman–Crippen MR) is 66.4 cm³/mol. The molecule has 1 N–H and O–H groups in total. The van der Waals surface area contributed by atoms with Crippen molar-refractivity contribution < 1.29 is 18.3 Å². The predicted octanol–water partition coefficient (Wildman–Crippen LogP) is -0.317. The fourth-order valence-electron chi connectivity index (χ4n) is 1.97. The van der Waals surface area contributed by atoms with Crippen LogP contribution in [0.25, 0.3) is 0 Å². The number of rotatable bonds is 3. The van der Waals surface area contributed by atoms with Gasteiger partial charge in [0, 0.05) is 19.0 Å². The molecule has 100 valence electrons. The van der Waals surface area contributed by atoms with Gasteiger partial charge < -0.3 is 14.7 Å². The summed E-state index contributed by atoms with van der Waals surface area (Å²) < 4.78 is 28.7. The molecule has 1 fully saturated rings. The lowest BCUT2D eigenvalue weighted by atomic mass is 10.2. The summed E-state index contributed by atoms with van der Waals surface area (Å²) in [5, 5.41) is 9.32. The Morgan fingerprint density at radius 2 is 2.39 bits per heavy atom. The third kappa shape index (κ3) is 2.63. The molecule has 0 aromatic carbocycles. The van der Waals surface area contributed by atoms with Gasteiger partial charge in [0.25, 0.3) is 0 Å². The Kier molecular flexibility index (Phi) is 3.84. The minimum atomic E-state index is -3.34. The molecule has 1 unspecified atom stereocenters. The monoisotopic (exact) mass is 272 g/mol. The fraction of sp³-hybridized carbons (Fsp3) is 0.545. The van der Waals surface area contributed by atoms with E-state index >= 15 is 0 Å². The van der Waals surface area contributed by atoms with Gasteiger partial charge in [-0.15, -0.1) is 0 Å². The molecule has 0 radical (unpaired) electrons. The summed E-state index contributed by atoms with van der Waals surface area (Å²) in [7, 11) is -3.34. The average molecular weight is 272 g/mol. The zero-order chi connectivity index (χ0) is 13.2. The SMILES string of the molecule is CS(=O)(=O)c1cccnc1N1CCOCC1CO. The number of nitrogens with zero attached hydrogens (tertiary/aromatic N) is 2. The highest BCUT2D eigenvalue weighted by atomic mass is 32.2. The molecule has 1 aliphatic heterocycles. The standard InChI is InChI=1S/C11H16N2O4S/c1-18(15,16)10-3-2-4-12-11(10)13-5-6-17-8-9(13)7-14/h2-4,9,14H,5-8H2,1H3. The molecule has 1 aromatic heterocycles. The number of sulfone groups is 1. The van der Waals surface area contributed by atoms with Crippen LogP contribution < -0.4 is 4.90 Å². The number of morpholine rings is 1. The largest absolute Gasteiger partial charge is 0.394 e. The van der Waals surface area contributed by atoms with Crippen LogP contribution >= 0.6 is 0 Å². The van der Waals surface area contributed by atoms with Gasteiger partial charge in [-0.3, -0.25) is 0 Å². The highest BCUT2D eigenvalue weighted by Crippen LogP contribution is 2.25. The lowest BCUT2D eigenvalue weighted by molar-refractivity contribution is 0.0720. The third-order valence-corrected chi connectivity index (χ3v) is 3.98. The highest BCUT2D eigenvalue weighted by Gasteiger charge is 2.27. The molecule has 1 saturated heterocycles. The maximum atomic E-state index is 11.7. The van der Waals surface area contributed by atoms with E-state index in [2.05, 4.69) is 4.98 Å². The van der Waals surface area contributed by atoms with Gasteiger partial charge in [-0.2, -0.15) is 0 Å². The van der Waals surface area contributed by atoms with Gasteiger partial charge in [0.05, 0.1) is 25.9 Å². The zero-order valence-corrected chi connectivity index (χ0v) is 10.9. The van der Waals surface area contributed by atoms with E-state index in [-0.39, 0.29) is 17.5 Å². The molecule has 0 saturated carbocycles. The van der Waals surface area contributed by atoms with Gasteiger partial charge in [-0.1, -0.05) is 0 Å². The van der Waals surface area contributed by atoms with Crippen molar-refractivity contribution in [3.8, 4) is 0 Å². The first kappa shape index (κ1) is 13.3. The van der Waals surface area contributed by atoms with Crippen LogP contribution in [-0.4, -0.2) is 57.2 Å². The number of aromatic nitrogens is 1. The van der Waals surface area contributed by atoms with Gasteiger partial charge in [0.15, 0.2) is 9.84 Å². The molecule has 18 heavy (non-hydrogen) atoms. The molecule has 0 spiro atoms. The Morgan fingerprint density at radius 3 is 3.06 bits per heavy atom. The smallest absolute Gasteiger partial charge is 0.179 e. The summed E-state index contributed by atoms with van der Waals surface area (Å²) in [5.41, 5.74) is 0. The molecule has 2 heterocycles. The molecule has 1 aromatic rings. The van der Waals surface area contributed by atoms with Crippen molar-refractivity contribution in [2.45, 2.75) is 10.9 Å². The van der Waals surface area contributed by atoms with Crippen LogP contribution in [0.4, 0.5) is 5.82 Å². The minimum Gasteiger partial charge on any atom is -0.394 e. The summed E-state index contributed by atoms with van der Waals surface area (Å²) >= 11 is 0. The number of aliphatic hydroxyl groups is 1. The van der Waals surface area contributed by atoms with Crippen LogP contribution in [-0.2, 0) is 14.6 Å². The number of hydrogen-bond acceptors (Lipinski definition) is 6. The van der Waals surface area contributed by atoms with E-state index in [0.29, 0.717) is 25.6 Å². The van der Waals surface area contributed by atoms with Gasteiger partial charge in [0.2, 0.25) is 0 Å². The van der Waals surface area contributed by atoms with Crippen LogP contribution in [0.3, 0.4) is 0 Å². The maximum Gasteiger partial charge on any atom is 0.179 e. The van der Waals surface area contributed by atoms with E-state index in [1.807, 2.05) is 0 Å². The molecule has 1 atom stereocenters. The number of pyridine rings is 1. The molecule has 7 heteroatoms. The number of ether oxygens (including phenoxy) is 1. The van der Waals surface area contributed by atoms with Crippen LogP contribution in [0.2, 0.25) is 0 Å². The normalized spacial score (nSPS) is 21.0. The second kappa shape index (κ2) is 5.21. The Bertz CT molecular complexity index is 518. The van der Waals surface area contributed by atoms with Crippen LogP contribution in [0.1, 0.15) is 0 Å². The first-order valence-corrected chi connectivity index (χ1v) is 7.53. The first-order valence-electron chi connectivity index (χ1n) is 5.64. The third-order valence-electron chi connectivity index (χ3n) is 2.86. The molecule has 0 amide bonds. The zero-order valence-electron chi connectivity index (χ0n) is 10.1. The lowest BCUT2D eigenvalue weighted by Crippen LogP contribution is -2.48. The van der Waals surface area contributed by atoms with E-state index in [4.69, 9.17) is 4.74 Å². The van der Waals surface area contributed by atoms with Gasteiger partial charge in [-0.05, 0) is 12.1 Å². The summed E-state index contributed by atoms with van der Waals surface area (Å²) in [6.45, 7) is 1.29. The van der Waals surface area contributed by atoms with Crippen molar-refractivity contribution in [1.29, 1.82) is 0 Å². The van der Waals surface area contributed by atoms with E-state index < -0.39 is 9.84 Å². The van der Waals surface area contributed by atoms with Crippen molar-refractivity contribution in [1.82, 2.24) is 4.98 Å². The van der Waals surface area contributed by atoms with Crippen LogP contribution in [0, 0.1) is 0 Å². The molecule has 1 aliphatic rings. The minimum absolute atomic E-state index is 0.0974. The van der Waals surface area contributed by atoms with Crippen LogP contribution in [0.15, 0.2) is 23.2 Å². The summed E-state index contributed by atoms with van der Waals surface area (Å²) in [6.07, 6.45) is 2.70. The van der Waals surface area contributed by atoms with Crippen molar-refractivity contribution in [3.05, 3.63) is 18.3 Å². The average Bonchev–Trinajstić information content (AvgIpc) is 2.37. The molecular formula is C11H16N2O4S. The Balaban J connectivity index is 2.43. The number of anilines is 1.